The highest BCUT2D eigenvalue weighted by Gasteiger charge is 2.35. The zero-order valence-corrected chi connectivity index (χ0v) is 17.6. The number of amidine groups is 1. The number of sulfonamides is 1. The SMILES string of the molecule is N=C(N)c1cc(CN2CCC(NS(=O)(=O)c3ccc4cc(N)ccc4c3)C2=O)cs1. The predicted octanol–water partition coefficient (Wildman–Crippen LogP) is 1.85. The maximum absolute atomic E-state index is 12.8. The topological polar surface area (TPSA) is 142 Å². The van der Waals surface area contributed by atoms with E-state index in [4.69, 9.17) is 16.9 Å². The van der Waals surface area contributed by atoms with Crippen LogP contribution in [0.4, 0.5) is 5.69 Å². The number of anilines is 1. The largest absolute Gasteiger partial charge is 0.399 e. The van der Waals surface area contributed by atoms with Crippen LogP contribution < -0.4 is 16.2 Å². The number of rotatable bonds is 6. The second-order valence-electron chi connectivity index (χ2n) is 7.22. The molecule has 0 aliphatic carbocycles. The van der Waals surface area contributed by atoms with Crippen LogP contribution in [-0.2, 0) is 21.4 Å². The lowest BCUT2D eigenvalue weighted by Crippen LogP contribution is -2.41. The molecule has 0 bridgehead atoms. The van der Waals surface area contributed by atoms with Crippen LogP contribution in [-0.4, -0.2) is 37.6 Å². The first-order chi connectivity index (χ1) is 14.2. The number of likely N-dealkylation sites (tertiary alicyclic amines) is 1. The molecule has 2 heterocycles. The van der Waals surface area contributed by atoms with Gasteiger partial charge < -0.3 is 16.4 Å². The first kappa shape index (κ1) is 20.3. The van der Waals surface area contributed by atoms with Crippen molar-refractivity contribution in [1.82, 2.24) is 9.62 Å². The number of benzene rings is 2. The summed E-state index contributed by atoms with van der Waals surface area (Å²) in [6, 6.07) is 11.0. The third kappa shape index (κ3) is 4.02. The summed E-state index contributed by atoms with van der Waals surface area (Å²) < 4.78 is 28.2. The fourth-order valence-corrected chi connectivity index (χ4v) is 5.52. The Morgan fingerprint density at radius 1 is 1.20 bits per heavy atom. The third-order valence-electron chi connectivity index (χ3n) is 5.03. The molecule has 10 heteroatoms. The van der Waals surface area contributed by atoms with Gasteiger partial charge in [0.05, 0.1) is 9.77 Å². The van der Waals surface area contributed by atoms with Crippen molar-refractivity contribution in [2.24, 2.45) is 5.73 Å². The fourth-order valence-electron chi connectivity index (χ4n) is 3.49. The molecule has 1 atom stereocenters. The molecule has 0 spiro atoms. The van der Waals surface area contributed by atoms with E-state index in [0.717, 1.165) is 16.3 Å². The highest BCUT2D eigenvalue weighted by atomic mass is 32.2. The zero-order valence-electron chi connectivity index (χ0n) is 16.0. The normalized spacial score (nSPS) is 17.0. The van der Waals surface area contributed by atoms with Gasteiger partial charge in [-0.3, -0.25) is 10.2 Å². The molecule has 30 heavy (non-hydrogen) atoms. The minimum atomic E-state index is -3.85. The average molecular weight is 444 g/mol. The lowest BCUT2D eigenvalue weighted by atomic mass is 10.1. The van der Waals surface area contributed by atoms with Gasteiger partial charge in [0.15, 0.2) is 0 Å². The Hall–Kier alpha value is -2.95. The van der Waals surface area contributed by atoms with Gasteiger partial charge in [-0.05, 0) is 58.5 Å². The van der Waals surface area contributed by atoms with E-state index >= 15 is 0 Å². The Labute approximate surface area is 178 Å². The lowest BCUT2D eigenvalue weighted by Gasteiger charge is -2.17. The Kier molecular flexibility index (Phi) is 5.22. The average Bonchev–Trinajstić information content (AvgIpc) is 3.30. The maximum atomic E-state index is 12.8. The summed E-state index contributed by atoms with van der Waals surface area (Å²) in [6.07, 6.45) is 0.395. The van der Waals surface area contributed by atoms with Crippen LogP contribution in [0.5, 0.6) is 0 Å². The number of nitrogen functional groups attached to an aromatic ring is 2. The summed E-state index contributed by atoms with van der Waals surface area (Å²) in [6.45, 7) is 0.812. The molecule has 2 aromatic carbocycles. The molecule has 1 saturated heterocycles. The van der Waals surface area contributed by atoms with Gasteiger partial charge in [0, 0.05) is 18.8 Å². The summed E-state index contributed by atoms with van der Waals surface area (Å²) in [5, 5.41) is 10.9. The van der Waals surface area contributed by atoms with Crippen molar-refractivity contribution in [2.75, 3.05) is 12.3 Å². The molecule has 1 aromatic heterocycles. The molecule has 1 amide bonds. The smallest absolute Gasteiger partial charge is 0.241 e. The number of carbonyl (C=O) groups excluding carboxylic acids is 1. The molecular weight excluding hydrogens is 422 g/mol. The van der Waals surface area contributed by atoms with E-state index < -0.39 is 16.1 Å². The van der Waals surface area contributed by atoms with E-state index in [1.54, 1.807) is 41.3 Å². The summed E-state index contributed by atoms with van der Waals surface area (Å²) in [4.78, 5) is 15.1. The zero-order chi connectivity index (χ0) is 21.5. The van der Waals surface area contributed by atoms with Crippen LogP contribution in [0.1, 0.15) is 16.9 Å². The van der Waals surface area contributed by atoms with Gasteiger partial charge in [0.2, 0.25) is 15.9 Å². The Balaban J connectivity index is 1.47. The molecule has 1 fully saturated rings. The standard InChI is InChI=1S/C20H21N5O3S2/c21-15-3-1-14-9-16(4-2-13(14)8-15)30(27,28)24-17-5-6-25(20(17)26)10-12-7-18(19(22)23)29-11-12/h1-4,7-9,11,17,24H,5-6,10,21H2,(H3,22,23). The van der Waals surface area contributed by atoms with Crippen molar-refractivity contribution in [3.63, 3.8) is 0 Å². The third-order valence-corrected chi connectivity index (χ3v) is 7.52. The number of hydrogen-bond acceptors (Lipinski definition) is 6. The van der Waals surface area contributed by atoms with E-state index in [2.05, 4.69) is 4.72 Å². The van der Waals surface area contributed by atoms with Crippen LogP contribution in [0.2, 0.25) is 0 Å². The molecule has 6 N–H and O–H groups in total. The Morgan fingerprint density at radius 3 is 2.67 bits per heavy atom. The molecular formula is C20H21N5O3S2. The van der Waals surface area contributed by atoms with E-state index in [0.29, 0.717) is 30.1 Å². The highest BCUT2D eigenvalue weighted by molar-refractivity contribution is 7.89. The van der Waals surface area contributed by atoms with E-state index in [1.807, 2.05) is 5.38 Å². The molecule has 0 radical (unpaired) electrons. The van der Waals surface area contributed by atoms with E-state index in [9.17, 15) is 13.2 Å². The van der Waals surface area contributed by atoms with E-state index in [-0.39, 0.29) is 16.6 Å². The summed E-state index contributed by atoms with van der Waals surface area (Å²) in [5.74, 6) is -0.273. The second kappa shape index (κ2) is 7.71. The molecule has 0 saturated carbocycles. The van der Waals surface area contributed by atoms with Crippen molar-refractivity contribution in [1.29, 1.82) is 5.41 Å². The van der Waals surface area contributed by atoms with Crippen molar-refractivity contribution in [3.8, 4) is 0 Å². The first-order valence-corrected chi connectivity index (χ1v) is 11.6. The van der Waals surface area contributed by atoms with Crippen LogP contribution >= 0.6 is 11.3 Å². The van der Waals surface area contributed by atoms with E-state index in [1.165, 1.54) is 17.4 Å². The van der Waals surface area contributed by atoms with Crippen molar-refractivity contribution >= 4 is 49.6 Å². The van der Waals surface area contributed by atoms with Crippen molar-refractivity contribution < 1.29 is 13.2 Å². The molecule has 4 rings (SSSR count). The molecule has 3 aromatic rings. The molecule has 1 aliphatic heterocycles. The van der Waals surface area contributed by atoms with Gasteiger partial charge in [0.25, 0.3) is 0 Å². The van der Waals surface area contributed by atoms with Gasteiger partial charge in [-0.2, -0.15) is 4.72 Å². The number of nitrogens with one attached hydrogen (secondary N) is 2. The number of thiophene rings is 1. The van der Waals surface area contributed by atoms with Crippen molar-refractivity contribution in [3.05, 3.63) is 58.3 Å². The van der Waals surface area contributed by atoms with Crippen LogP contribution in [0.15, 0.2) is 52.7 Å². The number of amides is 1. The van der Waals surface area contributed by atoms with Gasteiger partial charge in [-0.15, -0.1) is 11.3 Å². The lowest BCUT2D eigenvalue weighted by molar-refractivity contribution is -0.129. The van der Waals surface area contributed by atoms with Crippen LogP contribution in [0.3, 0.4) is 0 Å². The minimum absolute atomic E-state index is 0.0114. The fraction of sp³-hybridized carbons (Fsp3) is 0.200. The van der Waals surface area contributed by atoms with Crippen molar-refractivity contribution in [2.45, 2.75) is 23.9 Å². The number of nitrogens with zero attached hydrogens (tertiary/aromatic N) is 1. The Morgan fingerprint density at radius 2 is 1.93 bits per heavy atom. The number of carbonyl (C=O) groups is 1. The number of nitrogens with two attached hydrogens (primary N) is 2. The summed E-state index contributed by atoms with van der Waals surface area (Å²) in [5.41, 5.74) is 12.7. The maximum Gasteiger partial charge on any atom is 0.241 e. The monoisotopic (exact) mass is 443 g/mol. The molecule has 8 nitrogen and oxygen atoms in total. The van der Waals surface area contributed by atoms with Crippen LogP contribution in [0.25, 0.3) is 10.8 Å². The first-order valence-electron chi connectivity index (χ1n) is 9.25. The van der Waals surface area contributed by atoms with Gasteiger partial charge >= 0.3 is 0 Å². The summed E-state index contributed by atoms with van der Waals surface area (Å²) >= 11 is 1.35. The molecule has 156 valence electrons. The van der Waals surface area contributed by atoms with Gasteiger partial charge in [-0.1, -0.05) is 12.1 Å². The quantitative estimate of drug-likeness (QED) is 0.261. The molecule has 1 unspecified atom stereocenters. The minimum Gasteiger partial charge on any atom is -0.399 e. The van der Waals surface area contributed by atoms with Gasteiger partial charge in [0.1, 0.15) is 11.9 Å². The second-order valence-corrected chi connectivity index (χ2v) is 9.85. The van der Waals surface area contributed by atoms with Crippen LogP contribution in [0, 0.1) is 5.41 Å². The number of fused-ring (bicyclic) bond motifs is 1. The molecule has 1 aliphatic rings. The Bertz CT molecular complexity index is 1250. The highest BCUT2D eigenvalue weighted by Crippen LogP contribution is 2.24. The number of hydrogen-bond donors (Lipinski definition) is 4. The predicted molar refractivity (Wildman–Crippen MR) is 118 cm³/mol. The summed E-state index contributed by atoms with van der Waals surface area (Å²) in [7, 11) is -3.85. The van der Waals surface area contributed by atoms with Gasteiger partial charge in [-0.25, -0.2) is 8.42 Å².